The van der Waals surface area contributed by atoms with Crippen LogP contribution in [0.4, 0.5) is 5.69 Å². The lowest BCUT2D eigenvalue weighted by atomic mass is 10.1. The van der Waals surface area contributed by atoms with Gasteiger partial charge in [-0.25, -0.2) is 0 Å². The fraction of sp³-hybridized carbons (Fsp3) is 0.316. The summed E-state index contributed by atoms with van der Waals surface area (Å²) in [5.41, 5.74) is 7.44. The molecule has 0 unspecified atom stereocenters. The third kappa shape index (κ3) is 4.65. The lowest BCUT2D eigenvalue weighted by Crippen LogP contribution is -2.35. The van der Waals surface area contributed by atoms with Gasteiger partial charge in [-0.1, -0.05) is 18.2 Å². The lowest BCUT2D eigenvalue weighted by Gasteiger charge is -2.13. The minimum Gasteiger partial charge on any atom is -0.364 e. The molecular formula is C19H22N4O3. The normalized spacial score (nSPS) is 19.1. The first-order valence-corrected chi connectivity index (χ1v) is 8.60. The average molecular weight is 354 g/mol. The zero-order valence-electron chi connectivity index (χ0n) is 14.4. The summed E-state index contributed by atoms with van der Waals surface area (Å²) < 4.78 is 5.59. The van der Waals surface area contributed by atoms with Crippen LogP contribution in [-0.2, 0) is 16.1 Å². The Labute approximate surface area is 151 Å². The van der Waals surface area contributed by atoms with Crippen molar-refractivity contribution in [3.05, 3.63) is 59.9 Å². The van der Waals surface area contributed by atoms with E-state index in [1.165, 1.54) is 0 Å². The summed E-state index contributed by atoms with van der Waals surface area (Å²) in [6.07, 6.45) is 2.60. The van der Waals surface area contributed by atoms with Crippen molar-refractivity contribution in [3.63, 3.8) is 0 Å². The van der Waals surface area contributed by atoms with Gasteiger partial charge in [-0.3, -0.25) is 14.6 Å². The molecule has 0 radical (unpaired) electrons. The molecule has 7 nitrogen and oxygen atoms in total. The van der Waals surface area contributed by atoms with Crippen LogP contribution in [0.1, 0.15) is 28.9 Å². The summed E-state index contributed by atoms with van der Waals surface area (Å²) in [7, 11) is 0. The molecule has 2 heterocycles. The second-order valence-corrected chi connectivity index (χ2v) is 6.15. The molecule has 4 N–H and O–H groups in total. The van der Waals surface area contributed by atoms with E-state index in [9.17, 15) is 9.59 Å². The first-order chi connectivity index (χ1) is 12.7. The van der Waals surface area contributed by atoms with Gasteiger partial charge in [-0.2, -0.15) is 0 Å². The van der Waals surface area contributed by atoms with Crippen molar-refractivity contribution in [2.24, 2.45) is 5.73 Å². The van der Waals surface area contributed by atoms with Gasteiger partial charge in [-0.05, 0) is 42.7 Å². The van der Waals surface area contributed by atoms with E-state index in [4.69, 9.17) is 10.5 Å². The molecule has 1 fully saturated rings. The number of nitrogens with one attached hydrogen (secondary N) is 2. The first-order valence-electron chi connectivity index (χ1n) is 8.60. The summed E-state index contributed by atoms with van der Waals surface area (Å²) in [5.74, 6) is -0.414. The molecule has 0 spiro atoms. The minimum absolute atomic E-state index is 0.0316. The Bertz CT molecular complexity index is 766. The molecule has 1 aromatic heterocycles. The monoisotopic (exact) mass is 354 g/mol. The maximum absolute atomic E-state index is 12.2. The Morgan fingerprint density at radius 2 is 2.08 bits per heavy atom. The number of hydrogen-bond donors (Lipinski definition) is 3. The van der Waals surface area contributed by atoms with Crippen LogP contribution >= 0.6 is 0 Å². The Hall–Kier alpha value is -2.77. The number of amides is 2. The van der Waals surface area contributed by atoms with E-state index in [0.717, 1.165) is 12.0 Å². The molecule has 0 bridgehead atoms. The third-order valence-electron chi connectivity index (χ3n) is 4.21. The van der Waals surface area contributed by atoms with E-state index in [1.807, 2.05) is 18.2 Å². The van der Waals surface area contributed by atoms with E-state index < -0.39 is 6.10 Å². The predicted molar refractivity (Wildman–Crippen MR) is 97.4 cm³/mol. The molecule has 3 rings (SSSR count). The number of carbonyl (C=O) groups excluding carboxylic acids is 2. The number of rotatable bonds is 6. The van der Waals surface area contributed by atoms with Gasteiger partial charge in [0.25, 0.3) is 5.91 Å². The molecule has 1 aromatic carbocycles. The van der Waals surface area contributed by atoms with Crippen LogP contribution in [0.5, 0.6) is 0 Å². The highest BCUT2D eigenvalue weighted by Gasteiger charge is 2.29. The fourth-order valence-electron chi connectivity index (χ4n) is 2.83. The van der Waals surface area contributed by atoms with Gasteiger partial charge in [0.05, 0.1) is 6.10 Å². The minimum atomic E-state index is -0.435. The van der Waals surface area contributed by atoms with Gasteiger partial charge in [0.1, 0.15) is 11.8 Å². The average Bonchev–Trinajstić information content (AvgIpc) is 3.16. The second kappa shape index (κ2) is 8.55. The highest BCUT2D eigenvalue weighted by Crippen LogP contribution is 2.19. The molecule has 1 saturated heterocycles. The number of nitrogens with zero attached hydrogens (tertiary/aromatic N) is 1. The molecule has 0 aliphatic carbocycles. The molecule has 2 amide bonds. The van der Waals surface area contributed by atoms with Crippen molar-refractivity contribution in [2.75, 3.05) is 11.9 Å². The molecule has 0 saturated carbocycles. The standard InChI is InChI=1S/C19H22N4O3/c20-11-15-7-8-17(26-15)19(25)22-12-13-4-3-5-14(10-13)23-18(24)16-6-1-2-9-21-16/h1-6,9-10,15,17H,7-8,11-12,20H2,(H,22,25)(H,23,24)/t15-,17+/m1/s1. The van der Waals surface area contributed by atoms with Gasteiger partial charge >= 0.3 is 0 Å². The quantitative estimate of drug-likeness (QED) is 0.728. The molecule has 7 heteroatoms. The van der Waals surface area contributed by atoms with Crippen molar-refractivity contribution in [1.29, 1.82) is 0 Å². The number of pyridine rings is 1. The predicted octanol–water partition coefficient (Wildman–Crippen LogP) is 1.46. The van der Waals surface area contributed by atoms with Crippen molar-refractivity contribution in [2.45, 2.75) is 31.6 Å². The molecule has 2 aromatic rings. The lowest BCUT2D eigenvalue weighted by molar-refractivity contribution is -0.132. The number of carbonyl (C=O) groups is 2. The van der Waals surface area contributed by atoms with Gasteiger partial charge in [0.15, 0.2) is 0 Å². The maximum Gasteiger partial charge on any atom is 0.274 e. The summed E-state index contributed by atoms with van der Waals surface area (Å²) in [6.45, 7) is 0.793. The van der Waals surface area contributed by atoms with Crippen LogP contribution in [0.2, 0.25) is 0 Å². The SMILES string of the molecule is NC[C@H]1CC[C@@H](C(=O)NCc2cccc(NC(=O)c3ccccn3)c2)O1. The van der Waals surface area contributed by atoms with E-state index in [-0.39, 0.29) is 17.9 Å². The van der Waals surface area contributed by atoms with Gasteiger partial charge in [-0.15, -0.1) is 0 Å². The van der Waals surface area contributed by atoms with Gasteiger partial charge in [0, 0.05) is 25.0 Å². The topological polar surface area (TPSA) is 106 Å². The number of benzene rings is 1. The number of ether oxygens (including phenoxy) is 1. The number of anilines is 1. The smallest absolute Gasteiger partial charge is 0.274 e. The first kappa shape index (κ1) is 18.0. The van der Waals surface area contributed by atoms with Crippen LogP contribution in [-0.4, -0.2) is 35.6 Å². The Balaban J connectivity index is 1.54. The largest absolute Gasteiger partial charge is 0.364 e. The Morgan fingerprint density at radius 3 is 2.81 bits per heavy atom. The molecule has 1 aliphatic rings. The van der Waals surface area contributed by atoms with Crippen LogP contribution < -0.4 is 16.4 Å². The molecular weight excluding hydrogens is 332 g/mol. The number of hydrogen-bond acceptors (Lipinski definition) is 5. The molecule has 136 valence electrons. The van der Waals surface area contributed by atoms with E-state index in [0.29, 0.717) is 30.9 Å². The highest BCUT2D eigenvalue weighted by atomic mass is 16.5. The van der Waals surface area contributed by atoms with E-state index in [2.05, 4.69) is 15.6 Å². The second-order valence-electron chi connectivity index (χ2n) is 6.15. The fourth-order valence-corrected chi connectivity index (χ4v) is 2.83. The number of nitrogens with two attached hydrogens (primary N) is 1. The van der Waals surface area contributed by atoms with E-state index >= 15 is 0 Å². The third-order valence-corrected chi connectivity index (χ3v) is 4.21. The maximum atomic E-state index is 12.2. The summed E-state index contributed by atoms with van der Waals surface area (Å²) in [4.78, 5) is 28.3. The molecule has 2 atom stereocenters. The van der Waals surface area contributed by atoms with Crippen molar-refractivity contribution >= 4 is 17.5 Å². The van der Waals surface area contributed by atoms with Gasteiger partial charge < -0.3 is 21.1 Å². The zero-order chi connectivity index (χ0) is 18.4. The van der Waals surface area contributed by atoms with Crippen LogP contribution in [0, 0.1) is 0 Å². The van der Waals surface area contributed by atoms with Crippen molar-refractivity contribution in [1.82, 2.24) is 10.3 Å². The van der Waals surface area contributed by atoms with Crippen molar-refractivity contribution < 1.29 is 14.3 Å². The van der Waals surface area contributed by atoms with Crippen LogP contribution in [0.15, 0.2) is 48.7 Å². The van der Waals surface area contributed by atoms with Crippen LogP contribution in [0.25, 0.3) is 0 Å². The van der Waals surface area contributed by atoms with E-state index in [1.54, 1.807) is 30.5 Å². The molecule has 26 heavy (non-hydrogen) atoms. The van der Waals surface area contributed by atoms with Gasteiger partial charge in [0.2, 0.25) is 5.91 Å². The summed E-state index contributed by atoms with van der Waals surface area (Å²) in [6, 6.07) is 12.5. The van der Waals surface area contributed by atoms with Crippen molar-refractivity contribution in [3.8, 4) is 0 Å². The number of aromatic nitrogens is 1. The summed E-state index contributed by atoms with van der Waals surface area (Å²) in [5, 5.41) is 5.67. The Morgan fingerprint density at radius 1 is 1.19 bits per heavy atom. The van der Waals surface area contributed by atoms with Crippen LogP contribution in [0.3, 0.4) is 0 Å². The highest BCUT2D eigenvalue weighted by molar-refractivity contribution is 6.02. The Kier molecular flexibility index (Phi) is 5.93. The molecule has 1 aliphatic heterocycles. The summed E-state index contributed by atoms with van der Waals surface area (Å²) >= 11 is 0. The zero-order valence-corrected chi connectivity index (χ0v) is 14.4.